The molecule has 8 nitrogen and oxygen atoms in total. The molecule has 0 aliphatic carbocycles. The van der Waals surface area contributed by atoms with Crippen LogP contribution < -0.4 is 20.3 Å². The van der Waals surface area contributed by atoms with Crippen LogP contribution in [-0.2, 0) is 4.79 Å². The molecule has 0 radical (unpaired) electrons. The van der Waals surface area contributed by atoms with Gasteiger partial charge in [0.15, 0.2) is 0 Å². The fraction of sp³-hybridized carbons (Fsp3) is 0.0769. The average molecular weight is 487 g/mol. The lowest BCUT2D eigenvalue weighted by molar-refractivity contribution is -0.112. The maximum absolute atomic E-state index is 13.4. The first-order chi connectivity index (χ1) is 16.9. The van der Waals surface area contributed by atoms with Crippen LogP contribution in [-0.4, -0.2) is 22.4 Å². The molecule has 0 spiro atoms. The van der Waals surface area contributed by atoms with Gasteiger partial charge in [-0.3, -0.25) is 14.0 Å². The fourth-order valence-electron chi connectivity index (χ4n) is 3.30. The van der Waals surface area contributed by atoms with Crippen LogP contribution in [0.25, 0.3) is 11.7 Å². The van der Waals surface area contributed by atoms with Crippen LogP contribution in [0.4, 0.5) is 5.69 Å². The molecular formula is C26H19ClN4O4. The highest BCUT2D eigenvalue weighted by atomic mass is 35.5. The second-order valence-corrected chi connectivity index (χ2v) is 7.87. The summed E-state index contributed by atoms with van der Waals surface area (Å²) in [7, 11) is 1.51. The maximum Gasteiger partial charge on any atom is 0.269 e. The second kappa shape index (κ2) is 10.1. The van der Waals surface area contributed by atoms with Crippen LogP contribution >= 0.6 is 11.6 Å². The van der Waals surface area contributed by atoms with Gasteiger partial charge >= 0.3 is 0 Å². The first-order valence-electron chi connectivity index (χ1n) is 10.4. The van der Waals surface area contributed by atoms with Gasteiger partial charge in [-0.1, -0.05) is 23.7 Å². The van der Waals surface area contributed by atoms with Crippen LogP contribution in [0.15, 0.2) is 77.2 Å². The number of ether oxygens (including phenoxy) is 2. The predicted octanol–water partition coefficient (Wildman–Crippen LogP) is 5.00. The molecule has 35 heavy (non-hydrogen) atoms. The molecule has 0 atom stereocenters. The van der Waals surface area contributed by atoms with Gasteiger partial charge in [0.25, 0.3) is 11.5 Å². The van der Waals surface area contributed by atoms with E-state index in [1.54, 1.807) is 60.8 Å². The Bertz CT molecular complexity index is 1550. The van der Waals surface area contributed by atoms with Crippen LogP contribution in [0.2, 0.25) is 5.02 Å². The van der Waals surface area contributed by atoms with Crippen molar-refractivity contribution in [1.29, 1.82) is 5.26 Å². The molecule has 4 aromatic rings. The third kappa shape index (κ3) is 5.16. The lowest BCUT2D eigenvalue weighted by Gasteiger charge is -2.12. The summed E-state index contributed by atoms with van der Waals surface area (Å²) >= 11 is 5.96. The number of anilines is 1. The van der Waals surface area contributed by atoms with Crippen molar-refractivity contribution in [1.82, 2.24) is 9.38 Å². The highest BCUT2D eigenvalue weighted by Gasteiger charge is 2.18. The van der Waals surface area contributed by atoms with Crippen molar-refractivity contribution >= 4 is 34.9 Å². The number of methoxy groups -OCH3 is 1. The number of nitrogens with one attached hydrogen (secondary N) is 1. The third-order valence-corrected chi connectivity index (χ3v) is 5.31. The van der Waals surface area contributed by atoms with Crippen LogP contribution in [0.5, 0.6) is 17.4 Å². The van der Waals surface area contributed by atoms with Gasteiger partial charge < -0.3 is 14.8 Å². The number of benzene rings is 2. The maximum atomic E-state index is 13.4. The number of fused-ring (bicyclic) bond motifs is 1. The quantitative estimate of drug-likeness (QED) is 0.303. The van der Waals surface area contributed by atoms with E-state index >= 15 is 0 Å². The van der Waals surface area contributed by atoms with Gasteiger partial charge in [0, 0.05) is 23.0 Å². The van der Waals surface area contributed by atoms with Gasteiger partial charge in [-0.2, -0.15) is 10.2 Å². The van der Waals surface area contributed by atoms with Crippen molar-refractivity contribution < 1.29 is 14.3 Å². The number of rotatable bonds is 6. The van der Waals surface area contributed by atoms with Crippen molar-refractivity contribution in [3.63, 3.8) is 0 Å². The second-order valence-electron chi connectivity index (χ2n) is 7.43. The zero-order valence-electron chi connectivity index (χ0n) is 18.8. The van der Waals surface area contributed by atoms with E-state index in [0.717, 1.165) is 5.56 Å². The van der Waals surface area contributed by atoms with Gasteiger partial charge in [-0.15, -0.1) is 0 Å². The van der Waals surface area contributed by atoms with Crippen molar-refractivity contribution in [2.45, 2.75) is 6.92 Å². The minimum atomic E-state index is -0.702. The van der Waals surface area contributed by atoms with Crippen LogP contribution in [0, 0.1) is 18.3 Å². The predicted molar refractivity (Wildman–Crippen MR) is 133 cm³/mol. The van der Waals surface area contributed by atoms with E-state index in [-0.39, 0.29) is 17.0 Å². The highest BCUT2D eigenvalue weighted by molar-refractivity contribution is 6.30. The number of amides is 1. The topological polar surface area (TPSA) is 106 Å². The van der Waals surface area contributed by atoms with Gasteiger partial charge in [-0.05, 0) is 61.0 Å². The standard InChI is InChI=1S/C26H19ClN4O4/c1-16-5-4-12-31-23(16)30-25(35-20-10-8-18(27)9-11-20)22(26(31)33)13-17(15-28)24(32)29-19-6-3-7-21(14-19)34-2/h3-14H,1-2H3,(H,29,32)/b17-13-. The molecule has 0 bridgehead atoms. The molecule has 2 aromatic heterocycles. The first-order valence-corrected chi connectivity index (χ1v) is 10.8. The van der Waals surface area contributed by atoms with Gasteiger partial charge in [0.05, 0.1) is 7.11 Å². The zero-order valence-corrected chi connectivity index (χ0v) is 19.5. The molecule has 0 saturated heterocycles. The summed E-state index contributed by atoms with van der Waals surface area (Å²) < 4.78 is 12.4. The lowest BCUT2D eigenvalue weighted by atomic mass is 10.1. The van der Waals surface area contributed by atoms with E-state index in [4.69, 9.17) is 21.1 Å². The number of nitrogens with zero attached hydrogens (tertiary/aromatic N) is 3. The summed E-state index contributed by atoms with van der Waals surface area (Å²) in [6, 6.07) is 18.6. The Morgan fingerprint density at radius 3 is 2.63 bits per heavy atom. The molecule has 0 aliphatic rings. The smallest absolute Gasteiger partial charge is 0.269 e. The zero-order chi connectivity index (χ0) is 24.9. The van der Waals surface area contributed by atoms with E-state index < -0.39 is 11.5 Å². The minimum Gasteiger partial charge on any atom is -0.497 e. The Morgan fingerprint density at radius 1 is 1.14 bits per heavy atom. The van der Waals surface area contributed by atoms with Crippen molar-refractivity contribution in [3.05, 3.63) is 98.9 Å². The number of carbonyl (C=O) groups excluding carboxylic acids is 1. The molecule has 174 valence electrons. The molecule has 9 heteroatoms. The Hall–Kier alpha value is -4.61. The third-order valence-electron chi connectivity index (χ3n) is 5.06. The van der Waals surface area contributed by atoms with E-state index in [2.05, 4.69) is 10.3 Å². The largest absolute Gasteiger partial charge is 0.497 e. The summed E-state index contributed by atoms with van der Waals surface area (Å²) in [5, 5.41) is 12.9. The van der Waals surface area contributed by atoms with Crippen molar-refractivity contribution in [2.75, 3.05) is 12.4 Å². The Kier molecular flexibility index (Phi) is 6.81. The monoisotopic (exact) mass is 486 g/mol. The highest BCUT2D eigenvalue weighted by Crippen LogP contribution is 2.26. The number of nitriles is 1. The number of hydrogen-bond donors (Lipinski definition) is 1. The summed E-state index contributed by atoms with van der Waals surface area (Å²) in [6.45, 7) is 1.81. The fourth-order valence-corrected chi connectivity index (χ4v) is 3.43. The normalized spacial score (nSPS) is 11.1. The number of hydrogen-bond acceptors (Lipinski definition) is 6. The SMILES string of the molecule is COc1cccc(NC(=O)/C(C#N)=C\c2c(Oc3ccc(Cl)cc3)nc3c(C)cccn3c2=O)c1. The van der Waals surface area contributed by atoms with Gasteiger partial charge in [0.2, 0.25) is 5.88 Å². The van der Waals surface area contributed by atoms with Gasteiger partial charge in [-0.25, -0.2) is 0 Å². The first kappa shape index (κ1) is 23.5. The Morgan fingerprint density at radius 2 is 1.91 bits per heavy atom. The van der Waals surface area contributed by atoms with Gasteiger partial charge in [0.1, 0.15) is 34.4 Å². The van der Waals surface area contributed by atoms with Crippen LogP contribution in [0.3, 0.4) is 0 Å². The number of halogens is 1. The summed E-state index contributed by atoms with van der Waals surface area (Å²) in [6.07, 6.45) is 2.73. The number of carbonyl (C=O) groups is 1. The minimum absolute atomic E-state index is 0.0476. The lowest BCUT2D eigenvalue weighted by Crippen LogP contribution is -2.20. The van der Waals surface area contributed by atoms with E-state index in [1.807, 2.05) is 19.1 Å². The number of pyridine rings is 1. The molecule has 0 aliphatic heterocycles. The summed E-state index contributed by atoms with van der Waals surface area (Å²) in [4.78, 5) is 30.7. The number of aryl methyl sites for hydroxylation is 1. The molecule has 1 amide bonds. The Labute approximate surface area is 205 Å². The molecule has 2 heterocycles. The summed E-state index contributed by atoms with van der Waals surface area (Å²) in [5.74, 6) is 0.171. The van der Waals surface area contributed by atoms with E-state index in [0.29, 0.717) is 27.9 Å². The van der Waals surface area contributed by atoms with Crippen molar-refractivity contribution in [2.24, 2.45) is 0 Å². The average Bonchev–Trinajstić information content (AvgIpc) is 2.86. The summed E-state index contributed by atoms with van der Waals surface area (Å²) in [5.41, 5.74) is 0.706. The molecular weight excluding hydrogens is 468 g/mol. The van der Waals surface area contributed by atoms with Crippen LogP contribution in [0.1, 0.15) is 11.1 Å². The molecule has 1 N–H and O–H groups in total. The molecule has 0 saturated carbocycles. The molecule has 4 rings (SSSR count). The number of aromatic nitrogens is 2. The van der Waals surface area contributed by atoms with E-state index in [9.17, 15) is 14.9 Å². The van der Waals surface area contributed by atoms with Crippen molar-refractivity contribution in [3.8, 4) is 23.4 Å². The Balaban J connectivity index is 1.81. The molecule has 0 unspecified atom stereocenters. The van der Waals surface area contributed by atoms with E-state index in [1.165, 1.54) is 17.6 Å². The molecule has 2 aromatic carbocycles. The molecule has 0 fully saturated rings.